The van der Waals surface area contributed by atoms with E-state index in [1.807, 2.05) is 0 Å². The Morgan fingerprint density at radius 1 is 1.17 bits per heavy atom. The maximum Gasteiger partial charge on any atom is 0.223 e. The summed E-state index contributed by atoms with van der Waals surface area (Å²) < 4.78 is 0. The van der Waals surface area contributed by atoms with Crippen LogP contribution in [0.3, 0.4) is 0 Å². The van der Waals surface area contributed by atoms with Crippen molar-refractivity contribution in [1.82, 2.24) is 5.32 Å². The largest absolute Gasteiger partial charge is 0.353 e. The molecule has 0 aromatic carbocycles. The fourth-order valence-corrected chi connectivity index (χ4v) is 2.33. The van der Waals surface area contributed by atoms with Crippen molar-refractivity contribution in [2.45, 2.75) is 46.1 Å². The van der Waals surface area contributed by atoms with E-state index in [0.29, 0.717) is 12.0 Å². The van der Waals surface area contributed by atoms with E-state index in [0.717, 1.165) is 19.3 Å². The van der Waals surface area contributed by atoms with Gasteiger partial charge in [-0.2, -0.15) is 0 Å². The summed E-state index contributed by atoms with van der Waals surface area (Å²) in [4.78, 5) is 11.4. The van der Waals surface area contributed by atoms with Crippen molar-refractivity contribution in [1.29, 1.82) is 0 Å². The summed E-state index contributed by atoms with van der Waals surface area (Å²) in [6, 6.07) is 0.437. The zero-order valence-electron chi connectivity index (χ0n) is 8.26. The normalized spacial score (nSPS) is 35.2. The highest BCUT2D eigenvalue weighted by molar-refractivity contribution is 5.81. The predicted octanol–water partition coefficient (Wildman–Crippen LogP) is 1.95. The van der Waals surface area contributed by atoms with E-state index in [1.165, 1.54) is 0 Å². The van der Waals surface area contributed by atoms with Crippen LogP contribution in [0.1, 0.15) is 40.0 Å². The van der Waals surface area contributed by atoms with Gasteiger partial charge in [0.2, 0.25) is 5.91 Å². The van der Waals surface area contributed by atoms with E-state index in [9.17, 15) is 4.79 Å². The van der Waals surface area contributed by atoms with Crippen molar-refractivity contribution >= 4 is 5.91 Å². The van der Waals surface area contributed by atoms with Crippen LogP contribution in [0.5, 0.6) is 0 Å². The van der Waals surface area contributed by atoms with Crippen LogP contribution in [-0.2, 0) is 4.79 Å². The van der Waals surface area contributed by atoms with Gasteiger partial charge in [-0.25, -0.2) is 0 Å². The second-order valence-electron chi connectivity index (χ2n) is 3.61. The smallest absolute Gasteiger partial charge is 0.223 e. The summed E-state index contributed by atoms with van der Waals surface area (Å²) in [5.74, 6) is 1.13. The molecule has 3 atom stereocenters. The van der Waals surface area contributed by atoms with Gasteiger partial charge in [0.25, 0.3) is 0 Å². The van der Waals surface area contributed by atoms with E-state index in [4.69, 9.17) is 0 Å². The molecular formula is C10H19NO. The van der Waals surface area contributed by atoms with Crippen LogP contribution in [0.25, 0.3) is 0 Å². The number of nitrogens with one attached hydrogen (secondary N) is 1. The molecule has 70 valence electrons. The zero-order valence-corrected chi connectivity index (χ0v) is 8.26. The molecule has 2 heteroatoms. The van der Waals surface area contributed by atoms with Gasteiger partial charge in [-0.05, 0) is 18.8 Å². The summed E-state index contributed by atoms with van der Waals surface area (Å²) >= 11 is 0. The summed E-state index contributed by atoms with van der Waals surface area (Å²) in [5.41, 5.74) is 0. The molecule has 1 amide bonds. The maximum atomic E-state index is 11.4. The van der Waals surface area contributed by atoms with Crippen LogP contribution in [0.4, 0.5) is 0 Å². The lowest BCUT2D eigenvalue weighted by molar-refractivity contribution is -0.123. The molecule has 1 aliphatic rings. The van der Waals surface area contributed by atoms with Gasteiger partial charge in [0.05, 0.1) is 0 Å². The Morgan fingerprint density at radius 3 is 2.25 bits per heavy atom. The minimum Gasteiger partial charge on any atom is -0.353 e. The first-order chi connectivity index (χ1) is 5.74. The predicted molar refractivity (Wildman–Crippen MR) is 49.8 cm³/mol. The van der Waals surface area contributed by atoms with Gasteiger partial charge in [-0.3, -0.25) is 4.79 Å². The topological polar surface area (TPSA) is 29.1 Å². The molecule has 1 fully saturated rings. The highest BCUT2D eigenvalue weighted by Crippen LogP contribution is 2.30. The number of hydrogen-bond donors (Lipinski definition) is 1. The molecule has 1 rings (SSSR count). The molecule has 0 aromatic heterocycles. The number of hydrogen-bond acceptors (Lipinski definition) is 1. The van der Waals surface area contributed by atoms with Gasteiger partial charge in [0.15, 0.2) is 0 Å². The first-order valence-electron chi connectivity index (χ1n) is 5.04. The lowest BCUT2D eigenvalue weighted by Crippen LogP contribution is -2.27. The van der Waals surface area contributed by atoms with E-state index in [2.05, 4.69) is 26.1 Å². The molecule has 1 N–H and O–H groups in total. The summed E-state index contributed by atoms with van der Waals surface area (Å²) in [6.45, 7) is 6.42. The van der Waals surface area contributed by atoms with Crippen molar-refractivity contribution in [2.24, 2.45) is 11.8 Å². The molecule has 1 saturated heterocycles. The Balaban J connectivity index is 2.68. The van der Waals surface area contributed by atoms with Crippen molar-refractivity contribution < 1.29 is 4.79 Å². The number of carbonyl (C=O) groups excluding carboxylic acids is 1. The maximum absolute atomic E-state index is 11.4. The highest BCUT2D eigenvalue weighted by Gasteiger charge is 2.38. The van der Waals surface area contributed by atoms with Gasteiger partial charge in [0, 0.05) is 12.0 Å². The van der Waals surface area contributed by atoms with Crippen LogP contribution in [0, 0.1) is 11.8 Å². The third-order valence-corrected chi connectivity index (χ3v) is 3.05. The van der Waals surface area contributed by atoms with Crippen LogP contribution in [0.2, 0.25) is 0 Å². The first-order valence-corrected chi connectivity index (χ1v) is 5.04. The molecule has 0 aromatic rings. The molecule has 0 aliphatic carbocycles. The summed E-state index contributed by atoms with van der Waals surface area (Å²) in [7, 11) is 0. The first kappa shape index (κ1) is 9.56. The SMILES string of the molecule is CCC1NC(=O)C(CC)C1CC. The van der Waals surface area contributed by atoms with E-state index in [1.54, 1.807) is 0 Å². The Bertz CT molecular complexity index is 167. The molecule has 0 bridgehead atoms. The monoisotopic (exact) mass is 169 g/mol. The number of amides is 1. The molecule has 12 heavy (non-hydrogen) atoms. The second-order valence-corrected chi connectivity index (χ2v) is 3.61. The summed E-state index contributed by atoms with van der Waals surface area (Å²) in [6.07, 6.45) is 3.18. The van der Waals surface area contributed by atoms with Gasteiger partial charge < -0.3 is 5.32 Å². The average molecular weight is 169 g/mol. The van der Waals surface area contributed by atoms with Crippen LogP contribution < -0.4 is 5.32 Å². The average Bonchev–Trinajstić information content (AvgIpc) is 2.40. The minimum atomic E-state index is 0.274. The lowest BCUT2D eigenvalue weighted by Gasteiger charge is -2.18. The lowest BCUT2D eigenvalue weighted by atomic mass is 9.85. The molecule has 0 spiro atoms. The quantitative estimate of drug-likeness (QED) is 0.687. The fraction of sp³-hybridized carbons (Fsp3) is 0.900. The molecule has 1 heterocycles. The third-order valence-electron chi connectivity index (χ3n) is 3.05. The van der Waals surface area contributed by atoms with Gasteiger partial charge in [0.1, 0.15) is 0 Å². The van der Waals surface area contributed by atoms with E-state index < -0.39 is 0 Å². The minimum absolute atomic E-state index is 0.274. The van der Waals surface area contributed by atoms with E-state index >= 15 is 0 Å². The molecule has 2 nitrogen and oxygen atoms in total. The van der Waals surface area contributed by atoms with Gasteiger partial charge in [-0.15, -0.1) is 0 Å². The van der Waals surface area contributed by atoms with Gasteiger partial charge >= 0.3 is 0 Å². The standard InChI is InChI=1S/C10H19NO/c1-4-7-8(5-2)10(12)11-9(7)6-3/h7-9H,4-6H2,1-3H3,(H,11,12). The van der Waals surface area contributed by atoms with Crippen molar-refractivity contribution in [2.75, 3.05) is 0 Å². The Morgan fingerprint density at radius 2 is 1.83 bits per heavy atom. The molecule has 0 radical (unpaired) electrons. The van der Waals surface area contributed by atoms with Crippen molar-refractivity contribution in [3.05, 3.63) is 0 Å². The van der Waals surface area contributed by atoms with Crippen LogP contribution in [0.15, 0.2) is 0 Å². The Labute approximate surface area is 74.7 Å². The zero-order chi connectivity index (χ0) is 9.14. The number of rotatable bonds is 3. The van der Waals surface area contributed by atoms with Crippen LogP contribution in [-0.4, -0.2) is 11.9 Å². The molecular weight excluding hydrogens is 150 g/mol. The van der Waals surface area contributed by atoms with Crippen molar-refractivity contribution in [3.63, 3.8) is 0 Å². The molecule has 1 aliphatic heterocycles. The second kappa shape index (κ2) is 3.92. The fourth-order valence-electron chi connectivity index (χ4n) is 2.33. The number of carbonyl (C=O) groups is 1. The van der Waals surface area contributed by atoms with Crippen molar-refractivity contribution in [3.8, 4) is 0 Å². The highest BCUT2D eigenvalue weighted by atomic mass is 16.2. The van der Waals surface area contributed by atoms with E-state index in [-0.39, 0.29) is 11.8 Å². The molecule has 0 saturated carbocycles. The Kier molecular flexibility index (Phi) is 3.12. The third kappa shape index (κ3) is 1.47. The molecule has 3 unspecified atom stereocenters. The van der Waals surface area contributed by atoms with Crippen LogP contribution >= 0.6 is 0 Å². The Hall–Kier alpha value is -0.530. The summed E-state index contributed by atoms with van der Waals surface area (Å²) in [5, 5.41) is 3.07. The van der Waals surface area contributed by atoms with Gasteiger partial charge in [-0.1, -0.05) is 27.2 Å².